The van der Waals surface area contributed by atoms with Crippen LogP contribution in [0.5, 0.6) is 0 Å². The van der Waals surface area contributed by atoms with Gasteiger partial charge in [-0.1, -0.05) is 41.4 Å². The average Bonchev–Trinajstić information content (AvgIpc) is 2.77. The smallest absolute Gasteiger partial charge is 0.256 e. The van der Waals surface area contributed by atoms with Crippen LogP contribution in [0.2, 0.25) is 10.0 Å². The van der Waals surface area contributed by atoms with E-state index in [1.54, 1.807) is 30.3 Å². The Balaban J connectivity index is 1.85. The molecule has 1 aliphatic heterocycles. The monoisotopic (exact) mass is 348 g/mol. The number of nitrogens with one attached hydrogen (secondary N) is 1. The van der Waals surface area contributed by atoms with Crippen molar-refractivity contribution in [2.45, 2.75) is 19.4 Å². The minimum Gasteiger partial charge on any atom is -0.372 e. The van der Waals surface area contributed by atoms with Crippen LogP contribution in [0, 0.1) is 6.92 Å². The molecule has 4 nitrogen and oxygen atoms in total. The molecule has 0 radical (unpaired) electrons. The average molecular weight is 349 g/mol. The highest BCUT2D eigenvalue weighted by molar-refractivity contribution is 6.36. The third kappa shape index (κ3) is 3.05. The summed E-state index contributed by atoms with van der Waals surface area (Å²) in [5.41, 5.74) is 2.07. The summed E-state index contributed by atoms with van der Waals surface area (Å²) >= 11 is 12.0. The number of amides is 2. The number of nitrogens with zero attached hydrogens (tertiary/aromatic N) is 1. The predicted molar refractivity (Wildman–Crippen MR) is 92.2 cm³/mol. The van der Waals surface area contributed by atoms with Crippen LogP contribution in [-0.4, -0.2) is 17.9 Å². The summed E-state index contributed by atoms with van der Waals surface area (Å²) in [6.45, 7) is 1.87. The number of halogens is 2. The van der Waals surface area contributed by atoms with Crippen LogP contribution in [0.25, 0.3) is 0 Å². The van der Waals surface area contributed by atoms with Gasteiger partial charge in [-0.3, -0.25) is 9.59 Å². The largest absolute Gasteiger partial charge is 0.372 e. The molecule has 23 heavy (non-hydrogen) atoms. The number of anilines is 2. The molecule has 1 atom stereocenters. The van der Waals surface area contributed by atoms with Crippen LogP contribution >= 0.6 is 23.2 Å². The first-order valence-electron chi connectivity index (χ1n) is 7.11. The second kappa shape index (κ2) is 6.22. The molecule has 1 N–H and O–H groups in total. The molecule has 0 aromatic heterocycles. The second-order valence-corrected chi connectivity index (χ2v) is 6.22. The molecule has 3 rings (SSSR count). The van der Waals surface area contributed by atoms with Gasteiger partial charge < -0.3 is 5.32 Å². The Bertz CT molecular complexity index is 792. The minimum absolute atomic E-state index is 0.0894. The molecule has 0 aliphatic carbocycles. The maximum atomic E-state index is 12.6. The van der Waals surface area contributed by atoms with Crippen molar-refractivity contribution in [3.05, 3.63) is 58.1 Å². The second-order valence-electron chi connectivity index (χ2n) is 5.38. The van der Waals surface area contributed by atoms with Gasteiger partial charge in [0.1, 0.15) is 6.04 Å². The highest BCUT2D eigenvalue weighted by Crippen LogP contribution is 2.30. The van der Waals surface area contributed by atoms with E-state index in [0.717, 1.165) is 5.56 Å². The lowest BCUT2D eigenvalue weighted by Gasteiger charge is -2.18. The van der Waals surface area contributed by atoms with Crippen LogP contribution in [0.15, 0.2) is 42.5 Å². The van der Waals surface area contributed by atoms with E-state index >= 15 is 0 Å². The Morgan fingerprint density at radius 2 is 1.87 bits per heavy atom. The molecule has 0 spiro atoms. The maximum absolute atomic E-state index is 12.6. The molecule has 2 aromatic rings. The van der Waals surface area contributed by atoms with Crippen molar-refractivity contribution in [2.75, 3.05) is 10.2 Å². The van der Waals surface area contributed by atoms with Crippen LogP contribution in [0.4, 0.5) is 11.4 Å². The Morgan fingerprint density at radius 1 is 1.13 bits per heavy atom. The number of aryl methyl sites for hydroxylation is 1. The van der Waals surface area contributed by atoms with E-state index in [2.05, 4.69) is 5.32 Å². The Kier molecular flexibility index (Phi) is 4.28. The summed E-state index contributed by atoms with van der Waals surface area (Å²) in [6.07, 6.45) is 0.0894. The van der Waals surface area contributed by atoms with Gasteiger partial charge in [-0.2, -0.15) is 0 Å². The van der Waals surface area contributed by atoms with Gasteiger partial charge >= 0.3 is 0 Å². The van der Waals surface area contributed by atoms with Crippen molar-refractivity contribution in [2.24, 2.45) is 0 Å². The lowest BCUT2D eigenvalue weighted by molar-refractivity contribution is -0.121. The first-order valence-corrected chi connectivity index (χ1v) is 7.87. The summed E-state index contributed by atoms with van der Waals surface area (Å²) in [6, 6.07) is 11.6. The standard InChI is InChI=1S/C17H14Cl2N2O2/c1-10-4-2-3-5-15(10)21-16(22)9-14(17(21)23)20-13-7-6-11(18)8-12(13)19/h2-8,14,20H,9H2,1H3. The molecule has 6 heteroatoms. The summed E-state index contributed by atoms with van der Waals surface area (Å²) < 4.78 is 0. The molecule has 1 aliphatic rings. The van der Waals surface area contributed by atoms with Crippen LogP contribution in [-0.2, 0) is 9.59 Å². The molecule has 0 bridgehead atoms. The van der Waals surface area contributed by atoms with Gasteiger partial charge in [0.15, 0.2) is 0 Å². The third-order valence-corrected chi connectivity index (χ3v) is 4.31. The van der Waals surface area contributed by atoms with E-state index in [4.69, 9.17) is 23.2 Å². The number of benzene rings is 2. The molecule has 1 fully saturated rings. The number of imide groups is 1. The summed E-state index contributed by atoms with van der Waals surface area (Å²) in [5, 5.41) is 3.95. The molecule has 2 amide bonds. The van der Waals surface area contributed by atoms with Gasteiger partial charge in [-0.05, 0) is 36.8 Å². The number of carbonyl (C=O) groups is 2. The zero-order valence-electron chi connectivity index (χ0n) is 12.3. The number of carbonyl (C=O) groups excluding carboxylic acids is 2. The molecule has 0 saturated carbocycles. The molecule has 1 saturated heterocycles. The number of para-hydroxylation sites is 1. The van der Waals surface area contributed by atoms with E-state index in [1.165, 1.54) is 4.90 Å². The molecule has 1 heterocycles. The third-order valence-electron chi connectivity index (χ3n) is 3.76. The van der Waals surface area contributed by atoms with Gasteiger partial charge in [-0.25, -0.2) is 4.90 Å². The minimum atomic E-state index is -0.638. The van der Waals surface area contributed by atoms with Gasteiger partial charge in [-0.15, -0.1) is 0 Å². The number of hydrogen-bond donors (Lipinski definition) is 1. The van der Waals surface area contributed by atoms with Crippen molar-refractivity contribution >= 4 is 46.4 Å². The zero-order valence-corrected chi connectivity index (χ0v) is 13.9. The maximum Gasteiger partial charge on any atom is 0.256 e. The molecule has 118 valence electrons. The van der Waals surface area contributed by atoms with E-state index in [0.29, 0.717) is 21.4 Å². The fraction of sp³-hybridized carbons (Fsp3) is 0.176. The van der Waals surface area contributed by atoms with E-state index in [1.807, 2.05) is 19.1 Å². The summed E-state index contributed by atoms with van der Waals surface area (Å²) in [7, 11) is 0. The van der Waals surface area contributed by atoms with E-state index < -0.39 is 6.04 Å². The lowest BCUT2D eigenvalue weighted by Crippen LogP contribution is -2.35. The van der Waals surface area contributed by atoms with Crippen LogP contribution in [0.1, 0.15) is 12.0 Å². The Hall–Kier alpha value is -2.04. The van der Waals surface area contributed by atoms with Gasteiger partial charge in [0.2, 0.25) is 5.91 Å². The Morgan fingerprint density at radius 3 is 2.57 bits per heavy atom. The summed E-state index contributed by atoms with van der Waals surface area (Å²) in [5.74, 6) is -0.512. The normalized spacial score (nSPS) is 17.7. The highest BCUT2D eigenvalue weighted by Gasteiger charge is 2.40. The van der Waals surface area contributed by atoms with Crippen molar-refractivity contribution in [1.82, 2.24) is 0 Å². The van der Waals surface area contributed by atoms with E-state index in [9.17, 15) is 9.59 Å². The topological polar surface area (TPSA) is 49.4 Å². The van der Waals surface area contributed by atoms with Gasteiger partial charge in [0.25, 0.3) is 5.91 Å². The molecular formula is C17H14Cl2N2O2. The SMILES string of the molecule is Cc1ccccc1N1C(=O)CC(Nc2ccc(Cl)cc2Cl)C1=O. The first-order chi connectivity index (χ1) is 11.0. The van der Waals surface area contributed by atoms with Crippen LogP contribution < -0.4 is 10.2 Å². The summed E-state index contributed by atoms with van der Waals surface area (Å²) in [4.78, 5) is 26.1. The fourth-order valence-corrected chi connectivity index (χ4v) is 3.07. The van der Waals surface area contributed by atoms with Gasteiger partial charge in [0, 0.05) is 5.02 Å². The number of hydrogen-bond acceptors (Lipinski definition) is 3. The highest BCUT2D eigenvalue weighted by atomic mass is 35.5. The molecule has 1 unspecified atom stereocenters. The molecule has 2 aromatic carbocycles. The van der Waals surface area contributed by atoms with E-state index in [-0.39, 0.29) is 18.2 Å². The zero-order chi connectivity index (χ0) is 16.6. The Labute approximate surface area is 144 Å². The lowest BCUT2D eigenvalue weighted by atomic mass is 10.2. The molecular weight excluding hydrogens is 335 g/mol. The fourth-order valence-electron chi connectivity index (χ4n) is 2.61. The van der Waals surface area contributed by atoms with Crippen molar-refractivity contribution in [3.63, 3.8) is 0 Å². The van der Waals surface area contributed by atoms with Crippen molar-refractivity contribution < 1.29 is 9.59 Å². The quantitative estimate of drug-likeness (QED) is 0.851. The number of rotatable bonds is 3. The van der Waals surface area contributed by atoms with Crippen molar-refractivity contribution in [1.29, 1.82) is 0 Å². The van der Waals surface area contributed by atoms with Crippen molar-refractivity contribution in [3.8, 4) is 0 Å². The predicted octanol–water partition coefficient (Wildman–Crippen LogP) is 4.05. The van der Waals surface area contributed by atoms with Crippen LogP contribution in [0.3, 0.4) is 0 Å². The van der Waals surface area contributed by atoms with Gasteiger partial charge in [0.05, 0.1) is 22.8 Å². The first kappa shape index (κ1) is 15.8.